The van der Waals surface area contributed by atoms with Gasteiger partial charge in [-0.1, -0.05) is 0 Å². The molecule has 16 heteroatoms. The maximum absolute atomic E-state index is 13.5. The van der Waals surface area contributed by atoms with Crippen molar-refractivity contribution < 1.29 is 35.9 Å². The molecular weight excluding hydrogens is 588 g/mol. The smallest absolute Gasteiger partial charge is 0.433 e. The second-order valence-electron chi connectivity index (χ2n) is 8.42. The number of ether oxygens (including phenoxy) is 1. The average molecular weight is 604 g/mol. The third-order valence-electron chi connectivity index (χ3n) is 5.51. The van der Waals surface area contributed by atoms with Crippen LogP contribution >= 0.6 is 15.9 Å². The summed E-state index contributed by atoms with van der Waals surface area (Å²) in [6.07, 6.45) is -7.65. The second-order valence-corrected chi connectivity index (χ2v) is 9.13. The fourth-order valence-electron chi connectivity index (χ4n) is 3.44. The molecule has 200 valence electrons. The summed E-state index contributed by atoms with van der Waals surface area (Å²) in [5.41, 5.74) is -2.92. The van der Waals surface area contributed by atoms with Crippen LogP contribution in [0.3, 0.4) is 0 Å². The van der Waals surface area contributed by atoms with Crippen LogP contribution in [0.4, 0.5) is 26.3 Å². The van der Waals surface area contributed by atoms with Gasteiger partial charge in [0.05, 0.1) is 29.4 Å². The summed E-state index contributed by atoms with van der Waals surface area (Å²) in [7, 11) is 0. The highest BCUT2D eigenvalue weighted by atomic mass is 79.9. The van der Waals surface area contributed by atoms with E-state index in [-0.39, 0.29) is 33.4 Å². The normalized spacial score (nSPS) is 15.4. The van der Waals surface area contributed by atoms with Crippen LogP contribution in [-0.4, -0.2) is 43.4 Å². The molecule has 38 heavy (non-hydrogen) atoms. The number of carbonyl (C=O) groups is 1. The van der Waals surface area contributed by atoms with Gasteiger partial charge in [-0.15, -0.1) is 5.10 Å². The molecule has 1 amide bonds. The van der Waals surface area contributed by atoms with E-state index in [0.29, 0.717) is 18.9 Å². The molecule has 3 aromatic heterocycles. The first kappa shape index (κ1) is 27.3. The molecule has 3 aromatic rings. The van der Waals surface area contributed by atoms with E-state index in [0.717, 1.165) is 12.3 Å². The van der Waals surface area contributed by atoms with Crippen LogP contribution in [0.5, 0.6) is 5.75 Å². The van der Waals surface area contributed by atoms with Crippen molar-refractivity contribution in [2.45, 2.75) is 43.6 Å². The van der Waals surface area contributed by atoms with Crippen LogP contribution in [0, 0.1) is 11.3 Å². The summed E-state index contributed by atoms with van der Waals surface area (Å²) in [6, 6.07) is 5.36. The summed E-state index contributed by atoms with van der Waals surface area (Å²) in [5, 5.41) is 16.0. The van der Waals surface area contributed by atoms with Crippen LogP contribution in [0.25, 0.3) is 5.82 Å². The number of rotatable bonds is 7. The lowest BCUT2D eigenvalue weighted by Crippen LogP contribution is -2.29. The number of nitrogens with one attached hydrogen (secondary N) is 1. The predicted molar refractivity (Wildman–Crippen MR) is 120 cm³/mol. The van der Waals surface area contributed by atoms with Crippen molar-refractivity contribution in [2.24, 2.45) is 0 Å². The largest absolute Gasteiger partial charge is 0.483 e. The number of aromatic nitrogens is 5. The maximum atomic E-state index is 13.5. The molecule has 4 rings (SSSR count). The van der Waals surface area contributed by atoms with E-state index in [2.05, 4.69) is 46.0 Å². The first-order valence-electron chi connectivity index (χ1n) is 10.8. The van der Waals surface area contributed by atoms with E-state index in [9.17, 15) is 36.4 Å². The second kappa shape index (κ2) is 9.86. The molecule has 1 N–H and O–H groups in total. The number of nitrogens with zero attached hydrogens (tertiary/aromatic N) is 6. The fourth-order valence-corrected chi connectivity index (χ4v) is 3.78. The molecule has 0 radical (unpaired) electrons. The van der Waals surface area contributed by atoms with E-state index < -0.39 is 42.0 Å². The van der Waals surface area contributed by atoms with Crippen molar-refractivity contribution in [3.05, 3.63) is 58.0 Å². The summed E-state index contributed by atoms with van der Waals surface area (Å²) < 4.78 is 83.3. The van der Waals surface area contributed by atoms with Crippen molar-refractivity contribution in [1.29, 1.82) is 5.26 Å². The SMILES string of the molecule is CC(NC(=O)c1cc(C(F)(F)F)nc(C2(C#N)CC2)c1)c1nc(Br)nn1-c1ccc(OCC(F)(F)F)cn1. The molecule has 1 unspecified atom stereocenters. The van der Waals surface area contributed by atoms with Gasteiger partial charge in [0, 0.05) is 5.56 Å². The topological polar surface area (TPSA) is 119 Å². The van der Waals surface area contributed by atoms with Gasteiger partial charge in [-0.2, -0.15) is 36.3 Å². The number of carbonyl (C=O) groups excluding carboxylic acids is 1. The molecule has 3 heterocycles. The van der Waals surface area contributed by atoms with Gasteiger partial charge in [0.2, 0.25) is 4.73 Å². The van der Waals surface area contributed by atoms with Crippen molar-refractivity contribution in [1.82, 2.24) is 30.0 Å². The minimum Gasteiger partial charge on any atom is -0.483 e. The lowest BCUT2D eigenvalue weighted by molar-refractivity contribution is -0.153. The highest BCUT2D eigenvalue weighted by Crippen LogP contribution is 2.47. The Morgan fingerprint density at radius 1 is 1.24 bits per heavy atom. The van der Waals surface area contributed by atoms with E-state index in [4.69, 9.17) is 0 Å². The number of nitriles is 1. The highest BCUT2D eigenvalue weighted by Gasteiger charge is 2.48. The molecule has 0 aliphatic heterocycles. The Morgan fingerprint density at radius 3 is 2.50 bits per heavy atom. The van der Waals surface area contributed by atoms with E-state index in [1.807, 2.05) is 6.07 Å². The number of hydrogen-bond donors (Lipinski definition) is 1. The summed E-state index contributed by atoms with van der Waals surface area (Å²) in [6.45, 7) is -0.00439. The van der Waals surface area contributed by atoms with Gasteiger partial charge in [0.15, 0.2) is 18.2 Å². The lowest BCUT2D eigenvalue weighted by Gasteiger charge is -2.17. The third kappa shape index (κ3) is 6.04. The highest BCUT2D eigenvalue weighted by molar-refractivity contribution is 9.10. The molecular formula is C22H16BrF6N7O2. The summed E-state index contributed by atoms with van der Waals surface area (Å²) in [5.74, 6) is -0.792. The number of pyridine rings is 2. The maximum Gasteiger partial charge on any atom is 0.433 e. The van der Waals surface area contributed by atoms with Crippen molar-refractivity contribution in [3.8, 4) is 17.6 Å². The Kier molecular flexibility index (Phi) is 7.08. The zero-order chi connectivity index (χ0) is 27.9. The minimum absolute atomic E-state index is 0.0862. The van der Waals surface area contributed by atoms with Crippen molar-refractivity contribution in [2.75, 3.05) is 6.61 Å². The summed E-state index contributed by atoms with van der Waals surface area (Å²) in [4.78, 5) is 24.7. The molecule has 0 spiro atoms. The first-order chi connectivity index (χ1) is 17.7. The molecule has 1 atom stereocenters. The van der Waals surface area contributed by atoms with Crippen LogP contribution in [-0.2, 0) is 11.6 Å². The van der Waals surface area contributed by atoms with Gasteiger partial charge < -0.3 is 10.1 Å². The number of alkyl halides is 6. The predicted octanol–water partition coefficient (Wildman–Crippen LogP) is 4.83. The minimum atomic E-state index is -4.84. The van der Waals surface area contributed by atoms with Crippen molar-refractivity contribution in [3.63, 3.8) is 0 Å². The van der Waals surface area contributed by atoms with E-state index in [1.54, 1.807) is 0 Å². The van der Waals surface area contributed by atoms with Crippen LogP contribution in [0.1, 0.15) is 53.4 Å². The lowest BCUT2D eigenvalue weighted by atomic mass is 10.0. The van der Waals surface area contributed by atoms with Gasteiger partial charge in [0.25, 0.3) is 5.91 Å². The van der Waals surface area contributed by atoms with Gasteiger partial charge in [-0.25, -0.2) is 15.0 Å². The molecule has 0 aromatic carbocycles. The number of amides is 1. The average Bonchev–Trinajstić information content (AvgIpc) is 3.56. The summed E-state index contributed by atoms with van der Waals surface area (Å²) >= 11 is 3.10. The third-order valence-corrected chi connectivity index (χ3v) is 5.85. The number of hydrogen-bond acceptors (Lipinski definition) is 7. The van der Waals surface area contributed by atoms with Gasteiger partial charge >= 0.3 is 12.4 Å². The van der Waals surface area contributed by atoms with Crippen LogP contribution in [0.15, 0.2) is 35.2 Å². The zero-order valence-corrected chi connectivity index (χ0v) is 20.8. The van der Waals surface area contributed by atoms with Gasteiger partial charge in [-0.3, -0.25) is 4.79 Å². The Balaban J connectivity index is 1.57. The van der Waals surface area contributed by atoms with E-state index in [1.165, 1.54) is 23.7 Å². The standard InChI is InChI=1S/C22H16BrF6N7O2/c1-11(17-34-19(23)35-36(17)16-3-2-13(8-31-16)38-10-21(24,25)26)32-18(37)12-6-14(20(9-30)4-5-20)33-15(7-12)22(27,28)29/h2-3,6-8,11H,4-5,10H2,1H3,(H,32,37). The molecule has 0 bridgehead atoms. The monoisotopic (exact) mass is 603 g/mol. The first-order valence-corrected chi connectivity index (χ1v) is 11.6. The van der Waals surface area contributed by atoms with Crippen molar-refractivity contribution >= 4 is 21.8 Å². The fraction of sp³-hybridized carbons (Fsp3) is 0.364. The Hall–Kier alpha value is -3.74. The zero-order valence-electron chi connectivity index (χ0n) is 19.2. The molecule has 1 aliphatic carbocycles. The van der Waals surface area contributed by atoms with Gasteiger partial charge in [0.1, 0.15) is 11.4 Å². The molecule has 1 fully saturated rings. The Labute approximate surface area is 219 Å². The molecule has 1 aliphatic rings. The molecule has 1 saturated carbocycles. The van der Waals surface area contributed by atoms with Crippen LogP contribution in [0.2, 0.25) is 0 Å². The number of halogens is 7. The van der Waals surface area contributed by atoms with Crippen LogP contribution < -0.4 is 10.1 Å². The van der Waals surface area contributed by atoms with Gasteiger partial charge in [-0.05, 0) is 60.0 Å². The molecule has 9 nitrogen and oxygen atoms in total. The Morgan fingerprint density at radius 2 is 1.95 bits per heavy atom. The molecule has 0 saturated heterocycles. The quantitative estimate of drug-likeness (QED) is 0.384. The van der Waals surface area contributed by atoms with E-state index >= 15 is 0 Å². The Bertz CT molecular complexity index is 1400.